The Labute approximate surface area is 88.6 Å². The summed E-state index contributed by atoms with van der Waals surface area (Å²) in [5.74, 6) is -0.146. The third kappa shape index (κ3) is 5.09. The van der Waals surface area contributed by atoms with Gasteiger partial charge in [0.25, 0.3) is 0 Å². The minimum Gasteiger partial charge on any atom is -0.370 e. The number of ether oxygens (including phenoxy) is 1. The number of rotatable bonds is 6. The summed E-state index contributed by atoms with van der Waals surface area (Å²) in [4.78, 5) is 15.1. The molecule has 1 rings (SSSR count). The van der Waals surface area contributed by atoms with Crippen LogP contribution in [0.2, 0.25) is 0 Å². The van der Waals surface area contributed by atoms with Crippen LogP contribution in [0.25, 0.3) is 0 Å². The van der Waals surface area contributed by atoms with E-state index in [9.17, 15) is 4.79 Å². The average Bonchev–Trinajstić information content (AvgIpc) is 2.28. The predicted octanol–water partition coefficient (Wildman–Crippen LogP) is -0.327. The fourth-order valence-electron chi connectivity index (χ4n) is 1.00. The van der Waals surface area contributed by atoms with Crippen LogP contribution >= 0.6 is 0 Å². The van der Waals surface area contributed by atoms with Gasteiger partial charge < -0.3 is 15.8 Å². The van der Waals surface area contributed by atoms with Crippen LogP contribution in [0.3, 0.4) is 0 Å². The molecule has 82 valence electrons. The quantitative estimate of drug-likeness (QED) is 0.629. The molecule has 5 heteroatoms. The van der Waals surface area contributed by atoms with Gasteiger partial charge in [0.15, 0.2) is 0 Å². The predicted molar refractivity (Wildman–Crippen MR) is 56.0 cm³/mol. The first-order valence-electron chi connectivity index (χ1n) is 4.76. The molecule has 5 nitrogen and oxygen atoms in total. The number of carbonyl (C=O) groups is 1. The molecular formula is C10H15N3O2. The lowest BCUT2D eigenvalue weighted by Gasteiger charge is -2.05. The normalized spacial score (nSPS) is 9.93. The van der Waals surface area contributed by atoms with Gasteiger partial charge in [0.2, 0.25) is 5.91 Å². The van der Waals surface area contributed by atoms with E-state index in [4.69, 9.17) is 10.5 Å². The van der Waals surface area contributed by atoms with E-state index in [0.717, 1.165) is 5.56 Å². The topological polar surface area (TPSA) is 77.2 Å². The Bertz CT molecular complexity index is 290. The molecule has 0 spiro atoms. The van der Waals surface area contributed by atoms with Crippen molar-refractivity contribution in [1.29, 1.82) is 0 Å². The summed E-state index contributed by atoms with van der Waals surface area (Å²) in [6.07, 6.45) is 3.40. The maximum Gasteiger partial charge on any atom is 0.246 e. The second kappa shape index (κ2) is 6.92. The van der Waals surface area contributed by atoms with Crippen LogP contribution in [-0.4, -0.2) is 30.6 Å². The van der Waals surface area contributed by atoms with Gasteiger partial charge in [-0.25, -0.2) is 0 Å². The highest BCUT2D eigenvalue weighted by atomic mass is 16.5. The summed E-state index contributed by atoms with van der Waals surface area (Å²) >= 11 is 0. The number of nitrogens with two attached hydrogens (primary N) is 1. The zero-order valence-electron chi connectivity index (χ0n) is 8.48. The molecule has 0 unspecified atom stereocenters. The van der Waals surface area contributed by atoms with Gasteiger partial charge in [0, 0.05) is 25.5 Å². The van der Waals surface area contributed by atoms with Crippen LogP contribution in [-0.2, 0) is 16.1 Å². The van der Waals surface area contributed by atoms with Crippen molar-refractivity contribution >= 4 is 5.91 Å². The van der Waals surface area contributed by atoms with E-state index >= 15 is 0 Å². The van der Waals surface area contributed by atoms with Gasteiger partial charge in [0.05, 0.1) is 6.61 Å². The molecular weight excluding hydrogens is 194 g/mol. The number of nitrogens with zero attached hydrogens (tertiary/aromatic N) is 1. The second-order valence-corrected chi connectivity index (χ2v) is 2.98. The number of nitrogens with one attached hydrogen (secondary N) is 1. The number of carbonyl (C=O) groups excluding carboxylic acids is 1. The molecule has 0 saturated carbocycles. The summed E-state index contributed by atoms with van der Waals surface area (Å²) in [6, 6.07) is 3.72. The molecule has 0 aromatic carbocycles. The zero-order valence-corrected chi connectivity index (χ0v) is 8.48. The largest absolute Gasteiger partial charge is 0.370 e. The van der Waals surface area contributed by atoms with E-state index in [0.29, 0.717) is 19.7 Å². The van der Waals surface area contributed by atoms with E-state index in [1.54, 1.807) is 12.4 Å². The van der Waals surface area contributed by atoms with E-state index in [1.807, 2.05) is 12.1 Å². The number of amides is 1. The zero-order chi connectivity index (χ0) is 10.9. The lowest BCUT2D eigenvalue weighted by Crippen LogP contribution is -2.28. The summed E-state index contributed by atoms with van der Waals surface area (Å²) in [5, 5.41) is 2.71. The lowest BCUT2D eigenvalue weighted by atomic mass is 10.3. The second-order valence-electron chi connectivity index (χ2n) is 2.98. The molecule has 3 N–H and O–H groups in total. The molecule has 1 aromatic heterocycles. The molecule has 1 amide bonds. The smallest absolute Gasteiger partial charge is 0.246 e. The van der Waals surface area contributed by atoms with Crippen LogP contribution in [0.1, 0.15) is 5.56 Å². The Morgan fingerprint density at radius 2 is 2.47 bits per heavy atom. The van der Waals surface area contributed by atoms with Crippen molar-refractivity contribution in [2.45, 2.75) is 6.54 Å². The molecule has 0 fully saturated rings. The summed E-state index contributed by atoms with van der Waals surface area (Å²) in [6.45, 7) is 1.35. The first kappa shape index (κ1) is 11.6. The number of hydrogen-bond donors (Lipinski definition) is 2. The standard InChI is InChI=1S/C10H15N3O2/c11-3-5-15-8-10(14)13-7-9-2-1-4-12-6-9/h1-2,4,6H,3,5,7-8,11H2,(H,13,14). The third-order valence-electron chi connectivity index (χ3n) is 1.71. The Balaban J connectivity index is 2.17. The van der Waals surface area contributed by atoms with Crippen LogP contribution in [0.15, 0.2) is 24.5 Å². The maximum absolute atomic E-state index is 11.2. The number of pyridine rings is 1. The van der Waals surface area contributed by atoms with Crippen LogP contribution < -0.4 is 11.1 Å². The summed E-state index contributed by atoms with van der Waals surface area (Å²) in [5.41, 5.74) is 6.18. The first-order chi connectivity index (χ1) is 7.33. The third-order valence-corrected chi connectivity index (χ3v) is 1.71. The molecule has 15 heavy (non-hydrogen) atoms. The molecule has 0 atom stereocenters. The molecule has 0 radical (unpaired) electrons. The highest BCUT2D eigenvalue weighted by Gasteiger charge is 2.00. The highest BCUT2D eigenvalue weighted by molar-refractivity contribution is 5.77. The summed E-state index contributed by atoms with van der Waals surface area (Å²) < 4.78 is 4.98. The van der Waals surface area contributed by atoms with Gasteiger partial charge in [-0.3, -0.25) is 9.78 Å². The molecule has 1 heterocycles. The fraction of sp³-hybridized carbons (Fsp3) is 0.400. The van der Waals surface area contributed by atoms with Crippen LogP contribution in [0.5, 0.6) is 0 Å². The maximum atomic E-state index is 11.2. The van der Waals surface area contributed by atoms with Crippen LogP contribution in [0.4, 0.5) is 0 Å². The SMILES string of the molecule is NCCOCC(=O)NCc1cccnc1. The minimum absolute atomic E-state index is 0.0530. The number of hydrogen-bond acceptors (Lipinski definition) is 4. The molecule has 0 aliphatic heterocycles. The van der Waals surface area contributed by atoms with Gasteiger partial charge in [-0.15, -0.1) is 0 Å². The monoisotopic (exact) mass is 209 g/mol. The van der Waals surface area contributed by atoms with Crippen molar-refractivity contribution in [3.8, 4) is 0 Å². The Hall–Kier alpha value is -1.46. The van der Waals surface area contributed by atoms with E-state index in [2.05, 4.69) is 10.3 Å². The number of aromatic nitrogens is 1. The Morgan fingerprint density at radius 1 is 1.60 bits per heavy atom. The highest BCUT2D eigenvalue weighted by Crippen LogP contribution is 1.93. The van der Waals surface area contributed by atoms with Gasteiger partial charge in [-0.2, -0.15) is 0 Å². The molecule has 1 aromatic rings. The van der Waals surface area contributed by atoms with Crippen molar-refractivity contribution in [2.75, 3.05) is 19.8 Å². The van der Waals surface area contributed by atoms with Crippen molar-refractivity contribution in [2.24, 2.45) is 5.73 Å². The first-order valence-corrected chi connectivity index (χ1v) is 4.76. The van der Waals surface area contributed by atoms with Crippen molar-refractivity contribution in [1.82, 2.24) is 10.3 Å². The molecule has 0 bridgehead atoms. The van der Waals surface area contributed by atoms with E-state index < -0.39 is 0 Å². The van der Waals surface area contributed by atoms with E-state index in [-0.39, 0.29) is 12.5 Å². The van der Waals surface area contributed by atoms with E-state index in [1.165, 1.54) is 0 Å². The van der Waals surface area contributed by atoms with Gasteiger partial charge in [-0.05, 0) is 11.6 Å². The van der Waals surface area contributed by atoms with Crippen LogP contribution in [0, 0.1) is 0 Å². The Morgan fingerprint density at radius 3 is 3.13 bits per heavy atom. The van der Waals surface area contributed by atoms with Crippen molar-refractivity contribution in [3.05, 3.63) is 30.1 Å². The Kier molecular flexibility index (Phi) is 5.35. The summed E-state index contributed by atoms with van der Waals surface area (Å²) in [7, 11) is 0. The lowest BCUT2D eigenvalue weighted by molar-refractivity contribution is -0.125. The molecule has 0 saturated heterocycles. The van der Waals surface area contributed by atoms with Crippen molar-refractivity contribution in [3.63, 3.8) is 0 Å². The average molecular weight is 209 g/mol. The van der Waals surface area contributed by atoms with Gasteiger partial charge in [-0.1, -0.05) is 6.07 Å². The van der Waals surface area contributed by atoms with Gasteiger partial charge in [0.1, 0.15) is 6.61 Å². The molecule has 0 aliphatic carbocycles. The van der Waals surface area contributed by atoms with Gasteiger partial charge >= 0.3 is 0 Å². The minimum atomic E-state index is -0.146. The van der Waals surface area contributed by atoms with Crippen molar-refractivity contribution < 1.29 is 9.53 Å². The fourth-order valence-corrected chi connectivity index (χ4v) is 1.00. The molecule has 0 aliphatic rings.